The van der Waals surface area contributed by atoms with Crippen molar-refractivity contribution in [3.63, 3.8) is 0 Å². The van der Waals surface area contributed by atoms with Crippen LogP contribution in [-0.2, 0) is 0 Å². The highest BCUT2D eigenvalue weighted by Crippen LogP contribution is 2.46. The molecule has 1 aromatic heterocycles. The number of aromatic hydroxyl groups is 1. The van der Waals surface area contributed by atoms with Gasteiger partial charge in [-0.2, -0.15) is 0 Å². The summed E-state index contributed by atoms with van der Waals surface area (Å²) in [7, 11) is 4.58. The molecule has 5 rings (SSSR count). The number of H-pyrrole nitrogens is 1. The molecule has 8 nitrogen and oxygen atoms in total. The van der Waals surface area contributed by atoms with Gasteiger partial charge in [0.15, 0.2) is 11.5 Å². The van der Waals surface area contributed by atoms with Crippen molar-refractivity contribution in [3.05, 3.63) is 53.7 Å². The second kappa shape index (κ2) is 7.90. The van der Waals surface area contributed by atoms with Crippen molar-refractivity contribution >= 4 is 33.3 Å². The number of ether oxygens (including phenoxy) is 3. The smallest absolute Gasteiger partial charge is 0.274 e. The third-order valence-corrected chi connectivity index (χ3v) is 6.26. The number of carbonyl (C=O) groups excluding carboxylic acids is 1. The summed E-state index contributed by atoms with van der Waals surface area (Å²) in [6.45, 7) is 0.192. The van der Waals surface area contributed by atoms with Gasteiger partial charge in [-0.05, 0) is 23.1 Å². The van der Waals surface area contributed by atoms with Crippen molar-refractivity contribution < 1.29 is 29.2 Å². The highest BCUT2D eigenvalue weighted by Gasteiger charge is 2.35. The Morgan fingerprint density at radius 2 is 1.79 bits per heavy atom. The molecule has 3 N–H and O–H groups in total. The van der Waals surface area contributed by atoms with E-state index in [1.807, 2.05) is 24.3 Å². The number of benzene rings is 3. The van der Waals surface area contributed by atoms with Crippen LogP contribution in [0.4, 0.5) is 5.69 Å². The minimum absolute atomic E-state index is 0.0912. The number of hydrogen-bond donors (Lipinski definition) is 3. The van der Waals surface area contributed by atoms with E-state index in [0.717, 1.165) is 16.3 Å². The summed E-state index contributed by atoms with van der Waals surface area (Å²) in [6.07, 6.45) is 0. The molecule has 0 aliphatic carbocycles. The van der Waals surface area contributed by atoms with E-state index in [1.165, 1.54) is 21.3 Å². The van der Waals surface area contributed by atoms with Gasteiger partial charge in [-0.1, -0.05) is 24.3 Å². The molecule has 4 aromatic rings. The van der Waals surface area contributed by atoms with Crippen molar-refractivity contribution in [2.24, 2.45) is 0 Å². The first-order chi connectivity index (χ1) is 16.0. The lowest BCUT2D eigenvalue weighted by Crippen LogP contribution is -2.30. The molecule has 0 radical (unpaired) electrons. The number of methoxy groups -OCH3 is 3. The molecule has 1 aliphatic heterocycles. The van der Waals surface area contributed by atoms with Crippen LogP contribution in [0.15, 0.2) is 42.5 Å². The average Bonchev–Trinajstić information content (AvgIpc) is 3.43. The van der Waals surface area contributed by atoms with Crippen LogP contribution in [-0.4, -0.2) is 55.6 Å². The number of fused-ring (bicyclic) bond motifs is 4. The fraction of sp³-hybridized carbons (Fsp3) is 0.240. The van der Waals surface area contributed by atoms with E-state index in [-0.39, 0.29) is 24.2 Å². The van der Waals surface area contributed by atoms with E-state index in [2.05, 4.69) is 4.98 Å². The molecule has 0 fully saturated rings. The van der Waals surface area contributed by atoms with Crippen molar-refractivity contribution in [2.45, 2.75) is 5.92 Å². The number of carbonyl (C=O) groups is 1. The number of amides is 1. The summed E-state index contributed by atoms with van der Waals surface area (Å²) >= 11 is 0. The number of phenols is 1. The minimum atomic E-state index is -0.280. The van der Waals surface area contributed by atoms with Crippen LogP contribution in [0.1, 0.15) is 22.0 Å². The van der Waals surface area contributed by atoms with Crippen molar-refractivity contribution in [1.82, 2.24) is 4.98 Å². The highest BCUT2D eigenvalue weighted by atomic mass is 16.5. The molecule has 0 saturated carbocycles. The predicted molar refractivity (Wildman–Crippen MR) is 125 cm³/mol. The molecule has 1 aliphatic rings. The van der Waals surface area contributed by atoms with Crippen LogP contribution >= 0.6 is 0 Å². The highest BCUT2D eigenvalue weighted by molar-refractivity contribution is 6.11. The number of anilines is 1. The number of aliphatic hydroxyl groups excluding tert-OH is 1. The second-order valence-electron chi connectivity index (χ2n) is 7.96. The Bertz CT molecular complexity index is 1390. The molecule has 0 unspecified atom stereocenters. The molecule has 170 valence electrons. The molecule has 0 spiro atoms. The Labute approximate surface area is 189 Å². The molecule has 3 aromatic carbocycles. The van der Waals surface area contributed by atoms with Gasteiger partial charge in [0, 0.05) is 29.3 Å². The molecule has 33 heavy (non-hydrogen) atoms. The van der Waals surface area contributed by atoms with Crippen LogP contribution in [0.2, 0.25) is 0 Å². The third-order valence-electron chi connectivity index (χ3n) is 6.26. The predicted octanol–water partition coefficient (Wildman–Crippen LogP) is 3.79. The van der Waals surface area contributed by atoms with Crippen LogP contribution in [0.3, 0.4) is 0 Å². The Morgan fingerprint density at radius 3 is 2.45 bits per heavy atom. The molecule has 1 atom stereocenters. The molecule has 1 amide bonds. The normalized spacial score (nSPS) is 15.2. The number of aromatic amines is 1. The Kier molecular flexibility index (Phi) is 5.02. The first-order valence-corrected chi connectivity index (χ1v) is 10.5. The van der Waals surface area contributed by atoms with Crippen LogP contribution in [0.5, 0.6) is 23.0 Å². The number of rotatable bonds is 5. The first-order valence-electron chi connectivity index (χ1n) is 10.5. The largest absolute Gasteiger partial charge is 0.507 e. The number of nitrogens with one attached hydrogen (secondary N) is 1. The van der Waals surface area contributed by atoms with Gasteiger partial charge < -0.3 is 34.3 Å². The summed E-state index contributed by atoms with van der Waals surface area (Å²) < 4.78 is 16.4. The summed E-state index contributed by atoms with van der Waals surface area (Å²) in [5.74, 6) is 0.907. The zero-order valence-corrected chi connectivity index (χ0v) is 18.5. The Balaban J connectivity index is 1.64. The average molecular weight is 448 g/mol. The summed E-state index contributed by atoms with van der Waals surface area (Å²) in [5, 5.41) is 22.9. The van der Waals surface area contributed by atoms with E-state index < -0.39 is 0 Å². The minimum Gasteiger partial charge on any atom is -0.507 e. The Hall–Kier alpha value is -3.91. The van der Waals surface area contributed by atoms with E-state index in [4.69, 9.17) is 14.2 Å². The topological polar surface area (TPSA) is 104 Å². The SMILES string of the molecule is COc1cc2cc(C(=O)N3C[C@@H](CO)c4c3cc(O)c3ccccc43)[nH]c2c(OC)c1OC. The van der Waals surface area contributed by atoms with Gasteiger partial charge in [-0.3, -0.25) is 4.79 Å². The molecule has 2 heterocycles. The van der Waals surface area contributed by atoms with E-state index >= 15 is 0 Å². The van der Waals surface area contributed by atoms with Crippen molar-refractivity contribution in [3.8, 4) is 23.0 Å². The zero-order chi connectivity index (χ0) is 23.3. The standard InChI is InChI=1S/C25H24N2O6/c1-31-20-9-13-8-17(26-22(13)24(33-3)23(20)32-2)25(30)27-11-14(12-28)21-16-7-5-4-6-15(16)19(29)10-18(21)27/h4-10,14,26,28-29H,11-12H2,1-3H3/t14-/m0/s1. The van der Waals surface area contributed by atoms with Gasteiger partial charge in [0.05, 0.1) is 39.1 Å². The van der Waals surface area contributed by atoms with Crippen molar-refractivity contribution in [1.29, 1.82) is 0 Å². The van der Waals surface area contributed by atoms with Gasteiger partial charge in [0.25, 0.3) is 5.91 Å². The van der Waals surface area contributed by atoms with E-state index in [0.29, 0.717) is 46.1 Å². The number of aromatic nitrogens is 1. The fourth-order valence-corrected chi connectivity index (χ4v) is 4.77. The second-order valence-corrected chi connectivity index (χ2v) is 7.96. The number of phenolic OH excluding ortho intramolecular Hbond substituents is 1. The van der Waals surface area contributed by atoms with Crippen LogP contribution < -0.4 is 19.1 Å². The maximum absolute atomic E-state index is 13.6. The third kappa shape index (κ3) is 3.06. The van der Waals surface area contributed by atoms with Gasteiger partial charge >= 0.3 is 0 Å². The zero-order valence-electron chi connectivity index (χ0n) is 18.5. The number of nitrogens with zero attached hydrogens (tertiary/aromatic N) is 1. The van der Waals surface area contributed by atoms with Gasteiger partial charge in [0.1, 0.15) is 11.4 Å². The molecule has 0 saturated heterocycles. The maximum Gasteiger partial charge on any atom is 0.274 e. The molecule has 8 heteroatoms. The first kappa shape index (κ1) is 21.0. The number of hydrogen-bond acceptors (Lipinski definition) is 6. The van der Waals surface area contributed by atoms with Crippen LogP contribution in [0, 0.1) is 0 Å². The molecule has 0 bridgehead atoms. The Morgan fingerprint density at radius 1 is 1.06 bits per heavy atom. The van der Waals surface area contributed by atoms with Gasteiger partial charge in [-0.25, -0.2) is 0 Å². The molecular formula is C25H24N2O6. The summed E-state index contributed by atoms with van der Waals surface area (Å²) in [5.41, 5.74) is 2.40. The van der Waals surface area contributed by atoms with Crippen LogP contribution in [0.25, 0.3) is 21.7 Å². The lowest BCUT2D eigenvalue weighted by Gasteiger charge is -2.17. The van der Waals surface area contributed by atoms with Gasteiger partial charge in [0.2, 0.25) is 5.75 Å². The van der Waals surface area contributed by atoms with E-state index in [1.54, 1.807) is 23.1 Å². The lowest BCUT2D eigenvalue weighted by atomic mass is 9.95. The van der Waals surface area contributed by atoms with Gasteiger partial charge in [-0.15, -0.1) is 0 Å². The fourth-order valence-electron chi connectivity index (χ4n) is 4.77. The van der Waals surface area contributed by atoms with Crippen molar-refractivity contribution in [2.75, 3.05) is 39.4 Å². The maximum atomic E-state index is 13.6. The monoisotopic (exact) mass is 448 g/mol. The quantitative estimate of drug-likeness (QED) is 0.429. The summed E-state index contributed by atoms with van der Waals surface area (Å²) in [4.78, 5) is 18.4. The summed E-state index contributed by atoms with van der Waals surface area (Å²) in [6, 6.07) is 12.6. The van der Waals surface area contributed by atoms with E-state index in [9.17, 15) is 15.0 Å². The number of aliphatic hydroxyl groups is 1. The lowest BCUT2D eigenvalue weighted by molar-refractivity contribution is 0.0983. The molecular weight excluding hydrogens is 424 g/mol.